The molecule has 1 aromatic rings. The lowest BCUT2D eigenvalue weighted by Gasteiger charge is -2.16. The quantitative estimate of drug-likeness (QED) is 0.869. The highest BCUT2D eigenvalue weighted by atomic mass is 19.2. The lowest BCUT2D eigenvalue weighted by atomic mass is 9.96. The molecule has 2 fully saturated rings. The zero-order chi connectivity index (χ0) is 16.4. The Kier molecular flexibility index (Phi) is 4.92. The number of nitrogens with one attached hydrogen (secondary N) is 1. The van der Waals surface area contributed by atoms with Crippen molar-refractivity contribution in [2.24, 2.45) is 11.8 Å². The summed E-state index contributed by atoms with van der Waals surface area (Å²) in [5.41, 5.74) is 0.711. The van der Waals surface area contributed by atoms with Gasteiger partial charge in [-0.25, -0.2) is 8.78 Å². The van der Waals surface area contributed by atoms with Crippen LogP contribution < -0.4 is 5.32 Å². The van der Waals surface area contributed by atoms with Crippen LogP contribution in [0.25, 0.3) is 0 Å². The van der Waals surface area contributed by atoms with Gasteiger partial charge in [-0.3, -0.25) is 9.69 Å². The van der Waals surface area contributed by atoms with E-state index in [0.717, 1.165) is 25.5 Å². The van der Waals surface area contributed by atoms with Gasteiger partial charge in [0.05, 0.1) is 12.5 Å². The number of hydrogen-bond donors (Lipinski definition) is 1. The van der Waals surface area contributed by atoms with Gasteiger partial charge in [0.25, 0.3) is 0 Å². The first kappa shape index (κ1) is 16.3. The Hall–Kier alpha value is -1.53. The lowest BCUT2D eigenvalue weighted by Crippen LogP contribution is -2.37. The second kappa shape index (κ2) is 6.93. The molecule has 1 saturated carbocycles. The number of carbonyl (C=O) groups is 1. The molecule has 2 aliphatic rings. The number of nitrogens with zero attached hydrogens (tertiary/aromatic N) is 1. The Morgan fingerprint density at radius 1 is 1.30 bits per heavy atom. The van der Waals surface area contributed by atoms with E-state index < -0.39 is 11.6 Å². The van der Waals surface area contributed by atoms with Crippen molar-refractivity contribution >= 4 is 5.91 Å². The molecule has 126 valence electrons. The van der Waals surface area contributed by atoms with Gasteiger partial charge in [0.1, 0.15) is 0 Å². The van der Waals surface area contributed by atoms with Crippen molar-refractivity contribution in [3.05, 3.63) is 35.4 Å². The van der Waals surface area contributed by atoms with Crippen LogP contribution in [-0.4, -0.2) is 43.7 Å². The number of hydrogen-bond acceptors (Lipinski definition) is 3. The zero-order valence-corrected chi connectivity index (χ0v) is 13.2. The highest BCUT2D eigenvalue weighted by Gasteiger charge is 2.39. The molecule has 3 rings (SSSR count). The number of likely N-dealkylation sites (tertiary alicyclic amines) is 1. The lowest BCUT2D eigenvalue weighted by molar-refractivity contribution is -0.126. The van der Waals surface area contributed by atoms with E-state index in [0.29, 0.717) is 31.3 Å². The van der Waals surface area contributed by atoms with E-state index >= 15 is 0 Å². The maximum atomic E-state index is 13.3. The van der Waals surface area contributed by atoms with Crippen molar-refractivity contribution in [1.82, 2.24) is 10.2 Å². The van der Waals surface area contributed by atoms with Crippen LogP contribution >= 0.6 is 0 Å². The highest BCUT2D eigenvalue weighted by molar-refractivity contribution is 5.80. The van der Waals surface area contributed by atoms with Crippen LogP contribution in [0.4, 0.5) is 8.78 Å². The maximum Gasteiger partial charge on any atom is 0.225 e. The van der Waals surface area contributed by atoms with Gasteiger partial charge >= 0.3 is 0 Å². The van der Waals surface area contributed by atoms with E-state index in [-0.39, 0.29) is 17.7 Å². The van der Waals surface area contributed by atoms with Gasteiger partial charge in [-0.05, 0) is 30.5 Å². The summed E-state index contributed by atoms with van der Waals surface area (Å²) in [6.07, 6.45) is 2.12. The third-order valence-corrected chi connectivity index (χ3v) is 4.55. The van der Waals surface area contributed by atoms with Crippen LogP contribution in [0.3, 0.4) is 0 Å². The predicted molar refractivity (Wildman–Crippen MR) is 81.7 cm³/mol. The molecule has 0 bridgehead atoms. The van der Waals surface area contributed by atoms with Crippen LogP contribution in [0, 0.1) is 23.5 Å². The number of carbonyl (C=O) groups excluding carboxylic acids is 1. The molecule has 1 saturated heterocycles. The molecular formula is C17H22F2N2O2. The Morgan fingerprint density at radius 3 is 2.74 bits per heavy atom. The van der Waals surface area contributed by atoms with Crippen LogP contribution in [-0.2, 0) is 16.1 Å². The third kappa shape index (κ3) is 4.06. The third-order valence-electron chi connectivity index (χ3n) is 4.55. The van der Waals surface area contributed by atoms with Gasteiger partial charge < -0.3 is 10.1 Å². The van der Waals surface area contributed by atoms with E-state index in [1.165, 1.54) is 6.07 Å². The summed E-state index contributed by atoms with van der Waals surface area (Å²) in [5.74, 6) is -1.57. The normalized spacial score (nSPS) is 24.8. The Labute approximate surface area is 134 Å². The zero-order valence-electron chi connectivity index (χ0n) is 13.2. The largest absolute Gasteiger partial charge is 0.384 e. The fraction of sp³-hybridized carbons (Fsp3) is 0.588. The summed E-state index contributed by atoms with van der Waals surface area (Å²) in [7, 11) is 1.63. The number of ether oxygens (including phenoxy) is 1. The van der Waals surface area contributed by atoms with Gasteiger partial charge in [0, 0.05) is 38.7 Å². The van der Waals surface area contributed by atoms with Crippen LogP contribution in [0.2, 0.25) is 0 Å². The number of amides is 1. The first-order valence-electron chi connectivity index (χ1n) is 8.02. The van der Waals surface area contributed by atoms with Crippen molar-refractivity contribution in [3.63, 3.8) is 0 Å². The van der Waals surface area contributed by atoms with E-state index in [1.54, 1.807) is 13.2 Å². The summed E-state index contributed by atoms with van der Waals surface area (Å²) in [4.78, 5) is 14.5. The topological polar surface area (TPSA) is 41.6 Å². The second-order valence-electron chi connectivity index (χ2n) is 6.55. The van der Waals surface area contributed by atoms with Gasteiger partial charge in [-0.1, -0.05) is 6.07 Å². The Bertz CT molecular complexity index is 578. The van der Waals surface area contributed by atoms with Crippen molar-refractivity contribution in [1.29, 1.82) is 0 Å². The smallest absolute Gasteiger partial charge is 0.225 e. The van der Waals surface area contributed by atoms with Crippen molar-refractivity contribution < 1.29 is 18.3 Å². The Morgan fingerprint density at radius 2 is 2.09 bits per heavy atom. The molecule has 1 aromatic carbocycles. The molecule has 0 unspecified atom stereocenters. The van der Waals surface area contributed by atoms with Crippen LogP contribution in [0.1, 0.15) is 18.4 Å². The second-order valence-corrected chi connectivity index (χ2v) is 6.55. The molecule has 2 atom stereocenters. The Balaban J connectivity index is 1.63. The average Bonchev–Trinajstić information content (AvgIpc) is 3.23. The number of rotatable bonds is 6. The summed E-state index contributed by atoms with van der Waals surface area (Å²) in [6, 6.07) is 4.29. The summed E-state index contributed by atoms with van der Waals surface area (Å²) in [5, 5.41) is 3.05. The minimum atomic E-state index is -0.839. The van der Waals surface area contributed by atoms with E-state index in [2.05, 4.69) is 10.2 Å². The number of methoxy groups -OCH3 is 1. The van der Waals surface area contributed by atoms with Gasteiger partial charge in [-0.15, -0.1) is 0 Å². The number of benzene rings is 1. The molecule has 0 radical (unpaired) electrons. The molecule has 6 heteroatoms. The minimum absolute atomic E-state index is 0.0855. The molecule has 4 nitrogen and oxygen atoms in total. The summed E-state index contributed by atoms with van der Waals surface area (Å²) in [6.45, 7) is 2.36. The van der Waals surface area contributed by atoms with Gasteiger partial charge in [0.2, 0.25) is 5.91 Å². The van der Waals surface area contributed by atoms with E-state index in [4.69, 9.17) is 4.74 Å². The standard InChI is InChI=1S/C17H22F2N2O2/c1-23-10-12-8-21(7-11-2-5-15(18)16(19)6-11)9-14(12)17(22)20-13-3-4-13/h2,5-6,12-14H,3-4,7-10H2,1H3,(H,20,22)/t12-,14+/m0/s1. The molecule has 1 aliphatic carbocycles. The molecule has 1 heterocycles. The van der Waals surface area contributed by atoms with E-state index in [9.17, 15) is 13.6 Å². The molecule has 1 amide bonds. The molecule has 1 aliphatic heterocycles. The van der Waals surface area contributed by atoms with Gasteiger partial charge in [-0.2, -0.15) is 0 Å². The summed E-state index contributed by atoms with van der Waals surface area (Å²) >= 11 is 0. The summed E-state index contributed by atoms with van der Waals surface area (Å²) < 4.78 is 31.6. The molecule has 1 N–H and O–H groups in total. The van der Waals surface area contributed by atoms with Crippen LogP contribution in [0.15, 0.2) is 18.2 Å². The van der Waals surface area contributed by atoms with Crippen LogP contribution in [0.5, 0.6) is 0 Å². The monoisotopic (exact) mass is 324 g/mol. The molecule has 0 aromatic heterocycles. The average molecular weight is 324 g/mol. The number of halogens is 2. The first-order valence-corrected chi connectivity index (χ1v) is 8.02. The molecule has 0 spiro atoms. The van der Waals surface area contributed by atoms with Crippen molar-refractivity contribution in [2.75, 3.05) is 26.8 Å². The fourth-order valence-electron chi connectivity index (χ4n) is 3.20. The SMILES string of the molecule is COC[C@@H]1CN(Cc2ccc(F)c(F)c2)C[C@H]1C(=O)NC1CC1. The predicted octanol–water partition coefficient (Wildman–Crippen LogP) is 1.94. The maximum absolute atomic E-state index is 13.3. The minimum Gasteiger partial charge on any atom is -0.384 e. The van der Waals surface area contributed by atoms with E-state index in [1.807, 2.05) is 0 Å². The van der Waals surface area contributed by atoms with Gasteiger partial charge in [0.15, 0.2) is 11.6 Å². The molecule has 23 heavy (non-hydrogen) atoms. The van der Waals surface area contributed by atoms with Crippen molar-refractivity contribution in [3.8, 4) is 0 Å². The van der Waals surface area contributed by atoms with Crippen molar-refractivity contribution in [2.45, 2.75) is 25.4 Å². The first-order chi connectivity index (χ1) is 11.1. The fourth-order valence-corrected chi connectivity index (χ4v) is 3.20. The molecular weight excluding hydrogens is 302 g/mol. The highest BCUT2D eigenvalue weighted by Crippen LogP contribution is 2.27.